The Kier molecular flexibility index (Phi) is 5.35. The second-order valence-electron chi connectivity index (χ2n) is 5.15. The quantitative estimate of drug-likeness (QED) is 0.899. The van der Waals surface area contributed by atoms with E-state index in [1.165, 1.54) is 16.7 Å². The Morgan fingerprint density at radius 2 is 1.90 bits per heavy atom. The molecule has 0 spiro atoms. The molecule has 106 valence electrons. The van der Waals surface area contributed by atoms with Crippen LogP contribution in [0.5, 0.6) is 0 Å². The zero-order valence-electron chi connectivity index (χ0n) is 12.0. The molecule has 1 unspecified atom stereocenters. The second-order valence-corrected chi connectivity index (χ2v) is 6.07. The molecule has 0 bridgehead atoms. The molecule has 2 rings (SSSR count). The molecule has 20 heavy (non-hydrogen) atoms. The molecule has 1 atom stereocenters. The number of nitrogens with zero attached hydrogens (tertiary/aromatic N) is 1. The number of aryl methyl sites for hydroxylation is 1. The number of hydrogen-bond acceptors (Lipinski definition) is 2. The summed E-state index contributed by atoms with van der Waals surface area (Å²) in [5, 5.41) is 0. The summed E-state index contributed by atoms with van der Waals surface area (Å²) in [6.07, 6.45) is 0. The summed E-state index contributed by atoms with van der Waals surface area (Å²) in [6, 6.07) is 17.1. The van der Waals surface area contributed by atoms with Gasteiger partial charge in [0.1, 0.15) is 0 Å². The third-order valence-corrected chi connectivity index (χ3v) is 4.12. The first kappa shape index (κ1) is 15.2. The lowest BCUT2D eigenvalue weighted by Gasteiger charge is -2.28. The predicted molar refractivity (Wildman–Crippen MR) is 88.6 cm³/mol. The van der Waals surface area contributed by atoms with Crippen molar-refractivity contribution in [2.75, 3.05) is 13.6 Å². The van der Waals surface area contributed by atoms with Crippen molar-refractivity contribution in [2.24, 2.45) is 5.73 Å². The standard InChI is InChI=1S/C17H21BrN2/c1-13-6-3-4-9-16(13)17(11-19)20(2)12-14-7-5-8-15(18)10-14/h3-10,17H,11-12,19H2,1-2H3. The zero-order valence-corrected chi connectivity index (χ0v) is 13.6. The Balaban J connectivity index is 2.18. The minimum atomic E-state index is 0.246. The van der Waals surface area contributed by atoms with Crippen molar-refractivity contribution in [3.63, 3.8) is 0 Å². The maximum Gasteiger partial charge on any atom is 0.0473 e. The summed E-state index contributed by atoms with van der Waals surface area (Å²) in [6.45, 7) is 3.65. The van der Waals surface area contributed by atoms with Gasteiger partial charge in [-0.2, -0.15) is 0 Å². The van der Waals surface area contributed by atoms with Crippen molar-refractivity contribution in [1.29, 1.82) is 0 Å². The Hall–Kier alpha value is -1.16. The normalized spacial score (nSPS) is 12.7. The first-order valence-electron chi connectivity index (χ1n) is 6.82. The lowest BCUT2D eigenvalue weighted by atomic mass is 10.00. The first-order valence-corrected chi connectivity index (χ1v) is 7.61. The molecule has 2 N–H and O–H groups in total. The number of rotatable bonds is 5. The maximum absolute atomic E-state index is 6.01. The lowest BCUT2D eigenvalue weighted by molar-refractivity contribution is 0.241. The predicted octanol–water partition coefficient (Wildman–Crippen LogP) is 3.89. The summed E-state index contributed by atoms with van der Waals surface area (Å²) in [5.41, 5.74) is 9.90. The van der Waals surface area contributed by atoms with Crippen molar-refractivity contribution >= 4 is 15.9 Å². The van der Waals surface area contributed by atoms with E-state index in [9.17, 15) is 0 Å². The van der Waals surface area contributed by atoms with Crippen molar-refractivity contribution in [3.05, 3.63) is 69.7 Å². The van der Waals surface area contributed by atoms with Crippen molar-refractivity contribution in [2.45, 2.75) is 19.5 Å². The van der Waals surface area contributed by atoms with Crippen LogP contribution in [0.25, 0.3) is 0 Å². The smallest absolute Gasteiger partial charge is 0.0473 e. The Labute approximate surface area is 129 Å². The summed E-state index contributed by atoms with van der Waals surface area (Å²) in [5.74, 6) is 0. The molecule has 0 aliphatic rings. The first-order chi connectivity index (χ1) is 9.61. The Bertz CT molecular complexity index is 568. The van der Waals surface area contributed by atoms with Crippen LogP contribution < -0.4 is 5.73 Å². The largest absolute Gasteiger partial charge is 0.329 e. The molecule has 3 heteroatoms. The molecule has 0 fully saturated rings. The van der Waals surface area contributed by atoms with Crippen molar-refractivity contribution in [3.8, 4) is 0 Å². The molecular weight excluding hydrogens is 312 g/mol. The maximum atomic E-state index is 6.01. The lowest BCUT2D eigenvalue weighted by Crippen LogP contribution is -2.30. The number of hydrogen-bond donors (Lipinski definition) is 1. The van der Waals surface area contributed by atoms with Gasteiger partial charge in [-0.25, -0.2) is 0 Å². The van der Waals surface area contributed by atoms with Gasteiger partial charge in [-0.05, 0) is 42.8 Å². The van der Waals surface area contributed by atoms with Gasteiger partial charge in [0.25, 0.3) is 0 Å². The van der Waals surface area contributed by atoms with Crippen molar-refractivity contribution in [1.82, 2.24) is 4.90 Å². The Morgan fingerprint density at radius 3 is 2.55 bits per heavy atom. The topological polar surface area (TPSA) is 29.3 Å². The van der Waals surface area contributed by atoms with E-state index in [2.05, 4.69) is 77.3 Å². The molecule has 0 saturated heterocycles. The highest BCUT2D eigenvalue weighted by Gasteiger charge is 2.17. The van der Waals surface area contributed by atoms with E-state index in [1.807, 2.05) is 6.07 Å². The second kappa shape index (κ2) is 7.02. The molecule has 2 aromatic rings. The van der Waals surface area contributed by atoms with E-state index in [1.54, 1.807) is 0 Å². The van der Waals surface area contributed by atoms with Crippen LogP contribution in [0, 0.1) is 6.92 Å². The summed E-state index contributed by atoms with van der Waals surface area (Å²) >= 11 is 3.52. The van der Waals surface area contributed by atoms with Gasteiger partial charge in [0, 0.05) is 23.6 Å². The fraction of sp³-hybridized carbons (Fsp3) is 0.294. The average Bonchev–Trinajstić information content (AvgIpc) is 2.41. The molecule has 0 saturated carbocycles. The van der Waals surface area contributed by atoms with E-state index >= 15 is 0 Å². The van der Waals surface area contributed by atoms with Crippen LogP contribution in [0.4, 0.5) is 0 Å². The third kappa shape index (κ3) is 3.69. The average molecular weight is 333 g/mol. The Morgan fingerprint density at radius 1 is 1.15 bits per heavy atom. The highest BCUT2D eigenvalue weighted by Crippen LogP contribution is 2.24. The van der Waals surface area contributed by atoms with E-state index in [-0.39, 0.29) is 6.04 Å². The molecule has 0 radical (unpaired) electrons. The summed E-state index contributed by atoms with van der Waals surface area (Å²) in [7, 11) is 2.13. The van der Waals surface area contributed by atoms with Crippen LogP contribution in [0.3, 0.4) is 0 Å². The van der Waals surface area contributed by atoms with Gasteiger partial charge in [-0.15, -0.1) is 0 Å². The van der Waals surface area contributed by atoms with Crippen LogP contribution in [0.2, 0.25) is 0 Å². The van der Waals surface area contributed by atoms with Gasteiger partial charge in [0.05, 0.1) is 0 Å². The number of benzene rings is 2. The minimum Gasteiger partial charge on any atom is -0.329 e. The van der Waals surface area contributed by atoms with Gasteiger partial charge < -0.3 is 5.73 Å². The van der Waals surface area contributed by atoms with Gasteiger partial charge in [0.2, 0.25) is 0 Å². The summed E-state index contributed by atoms with van der Waals surface area (Å²) < 4.78 is 1.11. The number of likely N-dealkylation sites (N-methyl/N-ethyl adjacent to an activating group) is 1. The van der Waals surface area contributed by atoms with Gasteiger partial charge >= 0.3 is 0 Å². The molecule has 0 heterocycles. The molecule has 0 aromatic heterocycles. The monoisotopic (exact) mass is 332 g/mol. The minimum absolute atomic E-state index is 0.246. The van der Waals surface area contributed by atoms with E-state index in [0.717, 1.165) is 11.0 Å². The van der Waals surface area contributed by atoms with Gasteiger partial charge in [-0.3, -0.25) is 4.90 Å². The molecule has 0 aliphatic heterocycles. The molecule has 2 nitrogen and oxygen atoms in total. The van der Waals surface area contributed by atoms with Gasteiger partial charge in [0.15, 0.2) is 0 Å². The highest BCUT2D eigenvalue weighted by atomic mass is 79.9. The summed E-state index contributed by atoms with van der Waals surface area (Å²) in [4.78, 5) is 2.31. The van der Waals surface area contributed by atoms with Crippen LogP contribution in [-0.4, -0.2) is 18.5 Å². The number of halogens is 1. The van der Waals surface area contributed by atoms with E-state index in [4.69, 9.17) is 5.73 Å². The van der Waals surface area contributed by atoms with E-state index < -0.39 is 0 Å². The van der Waals surface area contributed by atoms with E-state index in [0.29, 0.717) is 6.54 Å². The zero-order chi connectivity index (χ0) is 14.5. The van der Waals surface area contributed by atoms with Crippen LogP contribution in [-0.2, 0) is 6.54 Å². The molecule has 0 aliphatic carbocycles. The number of nitrogens with two attached hydrogens (primary N) is 1. The van der Waals surface area contributed by atoms with Gasteiger partial charge in [-0.1, -0.05) is 52.3 Å². The fourth-order valence-electron chi connectivity index (χ4n) is 2.54. The third-order valence-electron chi connectivity index (χ3n) is 3.62. The van der Waals surface area contributed by atoms with Crippen LogP contribution in [0.15, 0.2) is 53.0 Å². The van der Waals surface area contributed by atoms with Crippen molar-refractivity contribution < 1.29 is 0 Å². The van der Waals surface area contributed by atoms with Crippen LogP contribution in [0.1, 0.15) is 22.7 Å². The van der Waals surface area contributed by atoms with Crippen LogP contribution >= 0.6 is 15.9 Å². The highest BCUT2D eigenvalue weighted by molar-refractivity contribution is 9.10. The molecule has 2 aromatic carbocycles. The SMILES string of the molecule is Cc1ccccc1C(CN)N(C)Cc1cccc(Br)c1. The molecular formula is C17H21BrN2. The fourth-order valence-corrected chi connectivity index (χ4v) is 2.99. The molecule has 0 amide bonds.